The van der Waals surface area contributed by atoms with Crippen LogP contribution < -0.4 is 4.74 Å². The van der Waals surface area contributed by atoms with E-state index in [2.05, 4.69) is 0 Å². The average molecular weight is 422 g/mol. The lowest BCUT2D eigenvalue weighted by Gasteiger charge is -2.33. The lowest BCUT2D eigenvalue weighted by atomic mass is 9.94. The zero-order valence-electron chi connectivity index (χ0n) is 16.9. The van der Waals surface area contributed by atoms with E-state index in [0.29, 0.717) is 0 Å². The van der Waals surface area contributed by atoms with Gasteiger partial charge in [0.1, 0.15) is 12.3 Å². The number of carbonyl (C=O) groups is 3. The lowest BCUT2D eigenvalue weighted by molar-refractivity contribution is -0.385. The second-order valence-electron chi connectivity index (χ2n) is 7.05. The quantitative estimate of drug-likeness (QED) is 0.263. The Morgan fingerprint density at radius 3 is 2.53 bits per heavy atom. The normalized spacial score (nSPS) is 14.0. The van der Waals surface area contributed by atoms with Gasteiger partial charge in [0.05, 0.1) is 18.6 Å². The fraction of sp³-hybridized carbons (Fsp3) is 0.550. The number of hydrogen-bond acceptors (Lipinski definition) is 7. The average Bonchev–Trinajstić information content (AvgIpc) is 2.74. The van der Waals surface area contributed by atoms with Crippen LogP contribution >= 0.6 is 0 Å². The van der Waals surface area contributed by atoms with Gasteiger partial charge in [-0.2, -0.15) is 0 Å². The fourth-order valence-corrected chi connectivity index (χ4v) is 3.57. The van der Waals surface area contributed by atoms with Gasteiger partial charge < -0.3 is 19.5 Å². The highest BCUT2D eigenvalue weighted by molar-refractivity contribution is 5.95. The van der Waals surface area contributed by atoms with Gasteiger partial charge in [-0.05, 0) is 25.3 Å². The molecular weight excluding hydrogens is 396 g/mol. The summed E-state index contributed by atoms with van der Waals surface area (Å²) in [4.78, 5) is 47.6. The molecule has 0 bridgehead atoms. The van der Waals surface area contributed by atoms with Crippen LogP contribution in [0.1, 0.15) is 55.3 Å². The molecule has 10 heteroatoms. The molecule has 1 fully saturated rings. The van der Waals surface area contributed by atoms with Gasteiger partial charge in [-0.25, -0.2) is 4.79 Å². The number of nitrogens with zero attached hydrogens (tertiary/aromatic N) is 2. The Bertz CT molecular complexity index is 789. The summed E-state index contributed by atoms with van der Waals surface area (Å²) >= 11 is 0. The highest BCUT2D eigenvalue weighted by Gasteiger charge is 2.28. The maximum absolute atomic E-state index is 12.7. The van der Waals surface area contributed by atoms with Crippen LogP contribution in [0.3, 0.4) is 0 Å². The van der Waals surface area contributed by atoms with Crippen molar-refractivity contribution < 1.29 is 33.9 Å². The number of benzene rings is 1. The van der Waals surface area contributed by atoms with E-state index in [9.17, 15) is 29.6 Å². The molecule has 0 aromatic heterocycles. The first-order chi connectivity index (χ1) is 14.3. The Morgan fingerprint density at radius 2 is 1.93 bits per heavy atom. The molecule has 1 saturated carbocycles. The summed E-state index contributed by atoms with van der Waals surface area (Å²) in [5.41, 5.74) is -1.08. The summed E-state index contributed by atoms with van der Waals surface area (Å²) in [6.07, 6.45) is 5.17. The molecule has 1 aromatic carbocycles. The highest BCUT2D eigenvalue weighted by atomic mass is 16.6. The van der Waals surface area contributed by atoms with Crippen molar-refractivity contribution in [3.05, 3.63) is 33.9 Å². The molecule has 1 aromatic rings. The van der Waals surface area contributed by atoms with E-state index in [1.54, 1.807) is 4.90 Å². The third kappa shape index (κ3) is 6.16. The minimum Gasteiger partial charge on any atom is -0.492 e. The molecule has 164 valence electrons. The number of carboxylic acids is 1. The predicted molar refractivity (Wildman–Crippen MR) is 105 cm³/mol. The van der Waals surface area contributed by atoms with Crippen molar-refractivity contribution in [2.75, 3.05) is 20.3 Å². The fourth-order valence-electron chi connectivity index (χ4n) is 3.57. The summed E-state index contributed by atoms with van der Waals surface area (Å²) in [6.45, 7) is -0.0984. The second-order valence-corrected chi connectivity index (χ2v) is 7.05. The molecule has 1 N–H and O–H groups in total. The molecule has 0 unspecified atom stereocenters. The van der Waals surface area contributed by atoms with Crippen molar-refractivity contribution in [1.82, 2.24) is 4.90 Å². The molecule has 0 aliphatic heterocycles. The minimum absolute atomic E-state index is 0.00153. The number of rotatable bonds is 10. The van der Waals surface area contributed by atoms with Crippen molar-refractivity contribution in [2.45, 2.75) is 51.0 Å². The van der Waals surface area contributed by atoms with Gasteiger partial charge in [0.15, 0.2) is 5.56 Å². The van der Waals surface area contributed by atoms with Crippen LogP contribution in [0.5, 0.6) is 5.75 Å². The number of esters is 1. The Hall–Kier alpha value is -3.17. The van der Waals surface area contributed by atoms with Crippen LogP contribution in [0.4, 0.5) is 5.69 Å². The lowest BCUT2D eigenvalue weighted by Crippen LogP contribution is -2.44. The Morgan fingerprint density at radius 1 is 1.23 bits per heavy atom. The summed E-state index contributed by atoms with van der Waals surface area (Å²) in [5, 5.41) is 20.3. The van der Waals surface area contributed by atoms with Crippen LogP contribution in [0.25, 0.3) is 0 Å². The van der Waals surface area contributed by atoms with Crippen molar-refractivity contribution in [2.24, 2.45) is 0 Å². The second kappa shape index (κ2) is 11.1. The number of nitro groups is 1. The Labute approximate surface area is 173 Å². The standard InChI is InChI=1S/C20H26N2O8/c1-29-18(24)13-21(14-7-3-2-4-8-14)17(23)11-6-12-30-16-10-5-9-15(22(27)28)19(16)20(25)26/h5,9-10,14H,2-4,6-8,11-13H2,1H3,(H,25,26). The van der Waals surface area contributed by atoms with Gasteiger partial charge in [0.25, 0.3) is 5.69 Å². The molecule has 0 heterocycles. The maximum Gasteiger partial charge on any atom is 0.346 e. The van der Waals surface area contributed by atoms with E-state index < -0.39 is 28.1 Å². The first kappa shape index (κ1) is 23.1. The van der Waals surface area contributed by atoms with E-state index >= 15 is 0 Å². The van der Waals surface area contributed by atoms with E-state index in [4.69, 9.17) is 9.47 Å². The topological polar surface area (TPSA) is 136 Å². The summed E-state index contributed by atoms with van der Waals surface area (Å²) < 4.78 is 10.1. The molecule has 1 aliphatic carbocycles. The van der Waals surface area contributed by atoms with Crippen LogP contribution in [0, 0.1) is 10.1 Å². The van der Waals surface area contributed by atoms with Crippen LogP contribution in [-0.2, 0) is 14.3 Å². The van der Waals surface area contributed by atoms with Gasteiger partial charge in [-0.15, -0.1) is 0 Å². The van der Waals surface area contributed by atoms with Crippen LogP contribution in [0.15, 0.2) is 18.2 Å². The van der Waals surface area contributed by atoms with Gasteiger partial charge in [-0.3, -0.25) is 19.7 Å². The van der Waals surface area contributed by atoms with E-state index in [1.165, 1.54) is 19.2 Å². The number of amides is 1. The summed E-state index contributed by atoms with van der Waals surface area (Å²) in [7, 11) is 1.28. The molecule has 0 saturated heterocycles. The molecule has 10 nitrogen and oxygen atoms in total. The zero-order chi connectivity index (χ0) is 22.1. The number of nitro benzene ring substituents is 1. The molecule has 1 amide bonds. The van der Waals surface area contributed by atoms with Crippen molar-refractivity contribution in [3.63, 3.8) is 0 Å². The van der Waals surface area contributed by atoms with E-state index in [0.717, 1.165) is 38.2 Å². The molecule has 2 rings (SSSR count). The van der Waals surface area contributed by atoms with Gasteiger partial charge in [0.2, 0.25) is 5.91 Å². The first-order valence-electron chi connectivity index (χ1n) is 9.85. The van der Waals surface area contributed by atoms with Crippen molar-refractivity contribution >= 4 is 23.5 Å². The minimum atomic E-state index is -1.46. The molecule has 1 aliphatic rings. The summed E-state index contributed by atoms with van der Waals surface area (Å²) in [6, 6.07) is 3.77. The highest BCUT2D eigenvalue weighted by Crippen LogP contribution is 2.28. The number of ether oxygens (including phenoxy) is 2. The number of methoxy groups -OCH3 is 1. The first-order valence-corrected chi connectivity index (χ1v) is 9.85. The molecule has 30 heavy (non-hydrogen) atoms. The van der Waals surface area contributed by atoms with Gasteiger partial charge in [-0.1, -0.05) is 25.3 Å². The SMILES string of the molecule is COC(=O)CN(C(=O)CCCOc1cccc([N+](=O)[O-])c1C(=O)O)C1CCCCC1. The molecule has 0 atom stereocenters. The third-order valence-electron chi connectivity index (χ3n) is 5.07. The number of carboxylic acid groups (broad SMARTS) is 1. The van der Waals surface area contributed by atoms with E-state index in [1.807, 2.05) is 0 Å². The number of aromatic carboxylic acids is 1. The number of carbonyl (C=O) groups excluding carboxylic acids is 2. The molecule has 0 spiro atoms. The van der Waals surface area contributed by atoms with Gasteiger partial charge >= 0.3 is 11.9 Å². The third-order valence-corrected chi connectivity index (χ3v) is 5.07. The largest absolute Gasteiger partial charge is 0.492 e. The van der Waals surface area contributed by atoms with Crippen LogP contribution in [0.2, 0.25) is 0 Å². The van der Waals surface area contributed by atoms with Crippen molar-refractivity contribution in [1.29, 1.82) is 0 Å². The summed E-state index contributed by atoms with van der Waals surface area (Å²) in [5.74, 6) is -2.26. The smallest absolute Gasteiger partial charge is 0.346 e. The Kier molecular flexibility index (Phi) is 8.57. The van der Waals surface area contributed by atoms with Gasteiger partial charge in [0, 0.05) is 18.5 Å². The monoisotopic (exact) mass is 422 g/mol. The maximum atomic E-state index is 12.7. The predicted octanol–water partition coefficient (Wildman–Crippen LogP) is 2.79. The molecular formula is C20H26N2O8. The Balaban J connectivity index is 1.97. The number of hydrogen-bond donors (Lipinski definition) is 1. The van der Waals surface area contributed by atoms with Crippen LogP contribution in [-0.4, -0.2) is 59.1 Å². The van der Waals surface area contributed by atoms with Crippen molar-refractivity contribution in [3.8, 4) is 5.75 Å². The zero-order valence-corrected chi connectivity index (χ0v) is 16.9. The van der Waals surface area contributed by atoms with E-state index in [-0.39, 0.29) is 43.7 Å². The molecule has 0 radical (unpaired) electrons.